The minimum Gasteiger partial charge on any atom is -0.370 e. The van der Waals surface area contributed by atoms with Crippen LogP contribution in [-0.4, -0.2) is 11.9 Å². The molecule has 88 valence electrons. The molecule has 0 radical (unpaired) electrons. The second-order valence-corrected chi connectivity index (χ2v) is 3.12. The Labute approximate surface area is 97.3 Å². The van der Waals surface area contributed by atoms with Crippen molar-refractivity contribution in [3.8, 4) is 6.07 Å². The van der Waals surface area contributed by atoms with Crippen molar-refractivity contribution >= 4 is 17.6 Å². The van der Waals surface area contributed by atoms with Crippen molar-refractivity contribution in [1.29, 1.82) is 5.26 Å². The lowest BCUT2D eigenvalue weighted by atomic mass is 10.1. The molecule has 0 aliphatic carbocycles. The van der Waals surface area contributed by atoms with Gasteiger partial charge in [-0.05, 0) is 18.2 Å². The van der Waals surface area contributed by atoms with Crippen LogP contribution in [0.4, 0.5) is 10.1 Å². The van der Waals surface area contributed by atoms with Gasteiger partial charge in [0.2, 0.25) is 5.96 Å². The monoisotopic (exact) mass is 234 g/mol. The summed E-state index contributed by atoms with van der Waals surface area (Å²) in [5.74, 6) is -0.823. The van der Waals surface area contributed by atoms with E-state index in [4.69, 9.17) is 22.5 Å². The number of nitrogens with zero attached hydrogens (tertiary/aromatic N) is 3. The van der Waals surface area contributed by atoms with Crippen LogP contribution in [-0.2, 0) is 6.42 Å². The van der Waals surface area contributed by atoms with Gasteiger partial charge in [0.1, 0.15) is 5.82 Å². The summed E-state index contributed by atoms with van der Waals surface area (Å²) in [4.78, 5) is 7.37. The minimum atomic E-state index is -0.467. The summed E-state index contributed by atoms with van der Waals surface area (Å²) in [5.41, 5.74) is 16.3. The summed E-state index contributed by atoms with van der Waals surface area (Å²) in [5, 5.41) is 8.50. The molecule has 0 spiro atoms. The van der Waals surface area contributed by atoms with Crippen LogP contribution in [0.25, 0.3) is 0 Å². The van der Waals surface area contributed by atoms with E-state index in [0.29, 0.717) is 5.69 Å². The van der Waals surface area contributed by atoms with Gasteiger partial charge in [0.25, 0.3) is 0 Å². The maximum Gasteiger partial charge on any atom is 0.223 e. The number of hydrogen-bond acceptors (Lipinski definition) is 2. The lowest BCUT2D eigenvalue weighted by Gasteiger charge is -2.00. The van der Waals surface area contributed by atoms with Gasteiger partial charge < -0.3 is 17.2 Å². The van der Waals surface area contributed by atoms with Gasteiger partial charge in [-0.1, -0.05) is 0 Å². The van der Waals surface area contributed by atoms with E-state index in [1.807, 2.05) is 6.07 Å². The molecule has 0 fully saturated rings. The third-order valence-corrected chi connectivity index (χ3v) is 1.79. The number of guanidine groups is 2. The molecule has 6 nitrogen and oxygen atoms in total. The molecule has 1 aromatic rings. The Kier molecular flexibility index (Phi) is 4.00. The Morgan fingerprint density at radius 3 is 2.65 bits per heavy atom. The zero-order chi connectivity index (χ0) is 12.8. The van der Waals surface area contributed by atoms with Crippen molar-refractivity contribution in [3.63, 3.8) is 0 Å². The number of aliphatic imine (C=N–C) groups is 2. The van der Waals surface area contributed by atoms with Gasteiger partial charge in [-0.25, -0.2) is 9.38 Å². The maximum absolute atomic E-state index is 13.2. The van der Waals surface area contributed by atoms with Crippen LogP contribution in [0.15, 0.2) is 28.2 Å². The van der Waals surface area contributed by atoms with Gasteiger partial charge in [0.15, 0.2) is 5.96 Å². The molecule has 0 unspecified atom stereocenters. The number of halogens is 1. The molecule has 1 rings (SSSR count). The van der Waals surface area contributed by atoms with Gasteiger partial charge in [0.05, 0.1) is 18.2 Å². The van der Waals surface area contributed by atoms with Gasteiger partial charge >= 0.3 is 0 Å². The van der Waals surface area contributed by atoms with Crippen molar-refractivity contribution in [1.82, 2.24) is 0 Å². The fourth-order valence-corrected chi connectivity index (χ4v) is 1.14. The van der Waals surface area contributed by atoms with Gasteiger partial charge in [0, 0.05) is 5.56 Å². The molecular formula is C10H11FN6. The average Bonchev–Trinajstić information content (AvgIpc) is 2.22. The van der Waals surface area contributed by atoms with Crippen LogP contribution in [0, 0.1) is 17.1 Å². The lowest BCUT2D eigenvalue weighted by Crippen LogP contribution is -2.26. The highest BCUT2D eigenvalue weighted by atomic mass is 19.1. The Morgan fingerprint density at radius 2 is 2.06 bits per heavy atom. The fraction of sp³-hybridized carbons (Fsp3) is 0.100. The predicted molar refractivity (Wildman–Crippen MR) is 62.8 cm³/mol. The Hall–Kier alpha value is -2.62. The molecule has 0 bridgehead atoms. The molecule has 0 aromatic heterocycles. The average molecular weight is 234 g/mol. The first-order valence-electron chi connectivity index (χ1n) is 4.62. The van der Waals surface area contributed by atoms with Crippen molar-refractivity contribution in [2.75, 3.05) is 0 Å². The van der Waals surface area contributed by atoms with Gasteiger partial charge in [-0.2, -0.15) is 10.3 Å². The van der Waals surface area contributed by atoms with Crippen molar-refractivity contribution in [2.45, 2.75) is 6.42 Å². The van der Waals surface area contributed by atoms with Crippen LogP contribution in [0.2, 0.25) is 0 Å². The van der Waals surface area contributed by atoms with Crippen molar-refractivity contribution in [3.05, 3.63) is 29.6 Å². The minimum absolute atomic E-state index is 0.0443. The highest BCUT2D eigenvalue weighted by Crippen LogP contribution is 2.17. The van der Waals surface area contributed by atoms with Crippen LogP contribution < -0.4 is 17.2 Å². The molecular weight excluding hydrogens is 223 g/mol. The number of rotatable bonds is 2. The van der Waals surface area contributed by atoms with E-state index in [-0.39, 0.29) is 23.9 Å². The quantitative estimate of drug-likeness (QED) is 0.495. The van der Waals surface area contributed by atoms with Gasteiger partial charge in [-0.3, -0.25) is 0 Å². The third kappa shape index (κ3) is 3.79. The lowest BCUT2D eigenvalue weighted by molar-refractivity contribution is 0.615. The predicted octanol–water partition coefficient (Wildman–Crippen LogP) is 0.111. The van der Waals surface area contributed by atoms with Crippen LogP contribution >= 0.6 is 0 Å². The summed E-state index contributed by atoms with van der Waals surface area (Å²) < 4.78 is 13.2. The van der Waals surface area contributed by atoms with E-state index in [9.17, 15) is 4.39 Å². The van der Waals surface area contributed by atoms with Crippen molar-refractivity contribution in [2.24, 2.45) is 27.2 Å². The topological polar surface area (TPSA) is 127 Å². The van der Waals surface area contributed by atoms with Crippen LogP contribution in [0.1, 0.15) is 5.56 Å². The normalized spacial score (nSPS) is 10.7. The molecule has 0 atom stereocenters. The molecule has 0 saturated heterocycles. The SMILES string of the molecule is N#CCc1cc(N=C(N)N=C(N)N)ccc1F. The smallest absolute Gasteiger partial charge is 0.223 e. The molecule has 6 N–H and O–H groups in total. The summed E-state index contributed by atoms with van der Waals surface area (Å²) >= 11 is 0. The maximum atomic E-state index is 13.2. The molecule has 0 saturated carbocycles. The number of benzene rings is 1. The molecule has 0 heterocycles. The first-order chi connectivity index (χ1) is 8.02. The largest absolute Gasteiger partial charge is 0.370 e. The second kappa shape index (κ2) is 5.46. The Balaban J connectivity index is 3.05. The summed E-state index contributed by atoms with van der Waals surface area (Å²) in [6.45, 7) is 0. The molecule has 0 aliphatic rings. The van der Waals surface area contributed by atoms with Crippen molar-refractivity contribution < 1.29 is 4.39 Å². The van der Waals surface area contributed by atoms with E-state index in [0.717, 1.165) is 0 Å². The number of hydrogen-bond donors (Lipinski definition) is 3. The fourth-order valence-electron chi connectivity index (χ4n) is 1.14. The zero-order valence-corrected chi connectivity index (χ0v) is 8.89. The van der Waals surface area contributed by atoms with E-state index in [1.54, 1.807) is 0 Å². The van der Waals surface area contributed by atoms with E-state index in [1.165, 1.54) is 18.2 Å². The summed E-state index contributed by atoms with van der Waals surface area (Å²) in [6, 6.07) is 5.87. The second-order valence-electron chi connectivity index (χ2n) is 3.12. The molecule has 17 heavy (non-hydrogen) atoms. The summed E-state index contributed by atoms with van der Waals surface area (Å²) in [7, 11) is 0. The van der Waals surface area contributed by atoms with E-state index < -0.39 is 5.82 Å². The zero-order valence-electron chi connectivity index (χ0n) is 8.89. The standard InChI is InChI=1S/C10H11FN6/c11-8-2-1-7(5-6(8)3-4-12)16-10(15)17-9(13)14/h1-2,5H,3H2,(H6,13,14,15,16,17). The first kappa shape index (κ1) is 12.4. The number of nitrogens with two attached hydrogens (primary N) is 3. The third-order valence-electron chi connectivity index (χ3n) is 1.79. The van der Waals surface area contributed by atoms with E-state index in [2.05, 4.69) is 9.98 Å². The van der Waals surface area contributed by atoms with Crippen LogP contribution in [0.3, 0.4) is 0 Å². The highest BCUT2D eigenvalue weighted by molar-refractivity contribution is 5.93. The highest BCUT2D eigenvalue weighted by Gasteiger charge is 2.03. The number of nitriles is 1. The van der Waals surface area contributed by atoms with Gasteiger partial charge in [-0.15, -0.1) is 0 Å². The Bertz CT molecular complexity index is 510. The molecule has 0 amide bonds. The Morgan fingerprint density at radius 1 is 1.35 bits per heavy atom. The molecule has 7 heteroatoms. The summed E-state index contributed by atoms with van der Waals surface area (Å²) in [6.07, 6.45) is -0.0443. The van der Waals surface area contributed by atoms with E-state index >= 15 is 0 Å². The van der Waals surface area contributed by atoms with Crippen LogP contribution in [0.5, 0.6) is 0 Å². The first-order valence-corrected chi connectivity index (χ1v) is 4.62. The molecule has 0 aliphatic heterocycles. The molecule has 1 aromatic carbocycles.